The van der Waals surface area contributed by atoms with E-state index in [1.165, 1.54) is 6.08 Å². The van der Waals surface area contributed by atoms with Crippen molar-refractivity contribution in [3.05, 3.63) is 41.5 Å². The van der Waals surface area contributed by atoms with Crippen molar-refractivity contribution in [2.24, 2.45) is 0 Å². The SMILES string of the molecule is CCOC(=O)C=CC(=O)Nc1cccc(C)c1C. The quantitative estimate of drug-likeness (QED) is 0.656. The summed E-state index contributed by atoms with van der Waals surface area (Å²) in [6.45, 7) is 5.91. The molecular formula is C14H17NO3. The van der Waals surface area contributed by atoms with Crippen molar-refractivity contribution in [1.29, 1.82) is 0 Å². The summed E-state index contributed by atoms with van der Waals surface area (Å²) in [5.74, 6) is -0.870. The van der Waals surface area contributed by atoms with Crippen LogP contribution in [-0.2, 0) is 14.3 Å². The normalized spacial score (nSPS) is 10.4. The van der Waals surface area contributed by atoms with Crippen molar-refractivity contribution in [2.75, 3.05) is 11.9 Å². The van der Waals surface area contributed by atoms with Crippen molar-refractivity contribution in [2.45, 2.75) is 20.8 Å². The van der Waals surface area contributed by atoms with E-state index in [0.717, 1.165) is 22.9 Å². The molecule has 1 aromatic carbocycles. The number of esters is 1. The molecule has 0 heterocycles. The van der Waals surface area contributed by atoms with Gasteiger partial charge in [-0.05, 0) is 38.0 Å². The molecule has 0 unspecified atom stereocenters. The summed E-state index contributed by atoms with van der Waals surface area (Å²) >= 11 is 0. The summed E-state index contributed by atoms with van der Waals surface area (Å²) in [6.07, 6.45) is 2.28. The van der Waals surface area contributed by atoms with Gasteiger partial charge in [-0.25, -0.2) is 4.79 Å². The van der Waals surface area contributed by atoms with Gasteiger partial charge in [0, 0.05) is 17.8 Å². The molecule has 1 N–H and O–H groups in total. The summed E-state index contributed by atoms with van der Waals surface area (Å²) in [5.41, 5.74) is 2.85. The van der Waals surface area contributed by atoms with Crippen LogP contribution < -0.4 is 5.32 Å². The Bertz CT molecular complexity index is 478. The van der Waals surface area contributed by atoms with Crippen LogP contribution in [0.3, 0.4) is 0 Å². The lowest BCUT2D eigenvalue weighted by atomic mass is 10.1. The van der Waals surface area contributed by atoms with Gasteiger partial charge in [0.15, 0.2) is 0 Å². The van der Waals surface area contributed by atoms with Gasteiger partial charge in [-0.15, -0.1) is 0 Å². The van der Waals surface area contributed by atoms with E-state index in [0.29, 0.717) is 6.61 Å². The molecule has 18 heavy (non-hydrogen) atoms. The van der Waals surface area contributed by atoms with Gasteiger partial charge in [0.2, 0.25) is 5.91 Å². The number of nitrogens with one attached hydrogen (secondary N) is 1. The van der Waals surface area contributed by atoms with Gasteiger partial charge in [0.05, 0.1) is 6.61 Å². The number of aryl methyl sites for hydroxylation is 1. The molecule has 0 spiro atoms. The molecule has 1 rings (SSSR count). The highest BCUT2D eigenvalue weighted by Gasteiger charge is 2.03. The number of carbonyl (C=O) groups excluding carboxylic acids is 2. The first-order valence-electron chi connectivity index (χ1n) is 5.76. The first-order valence-corrected chi connectivity index (χ1v) is 5.76. The summed E-state index contributed by atoms with van der Waals surface area (Å²) in [5, 5.41) is 2.71. The van der Waals surface area contributed by atoms with Gasteiger partial charge in [-0.1, -0.05) is 12.1 Å². The van der Waals surface area contributed by atoms with Crippen molar-refractivity contribution in [1.82, 2.24) is 0 Å². The van der Waals surface area contributed by atoms with Crippen LogP contribution in [0.5, 0.6) is 0 Å². The van der Waals surface area contributed by atoms with E-state index >= 15 is 0 Å². The third-order valence-electron chi connectivity index (χ3n) is 2.52. The fourth-order valence-electron chi connectivity index (χ4n) is 1.40. The summed E-state index contributed by atoms with van der Waals surface area (Å²) in [6, 6.07) is 5.66. The fraction of sp³-hybridized carbons (Fsp3) is 0.286. The van der Waals surface area contributed by atoms with Gasteiger partial charge in [-0.2, -0.15) is 0 Å². The van der Waals surface area contributed by atoms with Crippen LogP contribution >= 0.6 is 0 Å². The molecular weight excluding hydrogens is 230 g/mol. The Kier molecular flexibility index (Phi) is 5.11. The van der Waals surface area contributed by atoms with Gasteiger partial charge >= 0.3 is 5.97 Å². The zero-order valence-corrected chi connectivity index (χ0v) is 10.8. The zero-order valence-electron chi connectivity index (χ0n) is 10.8. The van der Waals surface area contributed by atoms with Crippen molar-refractivity contribution in [3.8, 4) is 0 Å². The molecule has 0 aliphatic carbocycles. The lowest BCUT2D eigenvalue weighted by molar-refractivity contribution is -0.137. The van der Waals surface area contributed by atoms with E-state index in [-0.39, 0.29) is 5.91 Å². The fourth-order valence-corrected chi connectivity index (χ4v) is 1.40. The van der Waals surface area contributed by atoms with E-state index in [9.17, 15) is 9.59 Å². The molecule has 1 aromatic rings. The van der Waals surface area contributed by atoms with E-state index in [4.69, 9.17) is 0 Å². The average Bonchev–Trinajstić information content (AvgIpc) is 2.33. The highest BCUT2D eigenvalue weighted by Crippen LogP contribution is 2.17. The summed E-state index contributed by atoms with van der Waals surface area (Å²) < 4.78 is 4.68. The maximum atomic E-state index is 11.6. The first-order chi connectivity index (χ1) is 8.54. The Morgan fingerprint density at radius 2 is 2.00 bits per heavy atom. The monoisotopic (exact) mass is 247 g/mol. The summed E-state index contributed by atoms with van der Waals surface area (Å²) in [7, 11) is 0. The third kappa shape index (κ3) is 4.05. The summed E-state index contributed by atoms with van der Waals surface area (Å²) in [4.78, 5) is 22.6. The first kappa shape index (κ1) is 14.0. The Morgan fingerprint density at radius 1 is 1.28 bits per heavy atom. The highest BCUT2D eigenvalue weighted by molar-refractivity contribution is 6.02. The van der Waals surface area contributed by atoms with E-state index < -0.39 is 5.97 Å². The molecule has 4 heteroatoms. The van der Waals surface area contributed by atoms with Gasteiger partial charge in [0.25, 0.3) is 0 Å². The Hall–Kier alpha value is -2.10. The molecule has 0 aliphatic heterocycles. The maximum absolute atomic E-state index is 11.6. The minimum atomic E-state index is -0.520. The Balaban J connectivity index is 2.65. The molecule has 0 radical (unpaired) electrons. The molecule has 4 nitrogen and oxygen atoms in total. The van der Waals surface area contributed by atoms with Crippen molar-refractivity contribution in [3.63, 3.8) is 0 Å². The van der Waals surface area contributed by atoms with Crippen LogP contribution in [0.25, 0.3) is 0 Å². The molecule has 96 valence electrons. The van der Waals surface area contributed by atoms with Crippen LogP contribution in [0.2, 0.25) is 0 Å². The number of rotatable bonds is 4. The molecule has 0 fully saturated rings. The molecule has 0 aromatic heterocycles. The Labute approximate surface area is 107 Å². The van der Waals surface area contributed by atoms with E-state index in [1.54, 1.807) is 6.92 Å². The van der Waals surface area contributed by atoms with Gasteiger partial charge < -0.3 is 10.1 Å². The predicted octanol–water partition coefficient (Wildman–Crippen LogP) is 2.36. The lowest BCUT2D eigenvalue weighted by Gasteiger charge is -2.08. The van der Waals surface area contributed by atoms with Crippen LogP contribution in [0.15, 0.2) is 30.4 Å². The smallest absolute Gasteiger partial charge is 0.330 e. The molecule has 0 saturated heterocycles. The molecule has 1 amide bonds. The van der Waals surface area contributed by atoms with Crippen molar-refractivity contribution < 1.29 is 14.3 Å². The standard InChI is InChI=1S/C14H17NO3/c1-4-18-14(17)9-8-13(16)15-12-7-5-6-10(2)11(12)3/h5-9H,4H2,1-3H3,(H,15,16). The van der Waals surface area contributed by atoms with E-state index in [2.05, 4.69) is 10.1 Å². The number of amides is 1. The highest BCUT2D eigenvalue weighted by atomic mass is 16.5. The lowest BCUT2D eigenvalue weighted by Crippen LogP contribution is -2.10. The minimum absolute atomic E-state index is 0.293. The van der Waals surface area contributed by atoms with Crippen LogP contribution in [0.4, 0.5) is 5.69 Å². The predicted molar refractivity (Wildman–Crippen MR) is 70.3 cm³/mol. The number of hydrogen-bond donors (Lipinski definition) is 1. The van der Waals surface area contributed by atoms with Gasteiger partial charge in [0.1, 0.15) is 0 Å². The number of anilines is 1. The second kappa shape index (κ2) is 6.59. The maximum Gasteiger partial charge on any atom is 0.330 e. The number of carbonyl (C=O) groups is 2. The topological polar surface area (TPSA) is 55.4 Å². The number of hydrogen-bond acceptors (Lipinski definition) is 3. The largest absolute Gasteiger partial charge is 0.463 e. The molecule has 0 bridgehead atoms. The third-order valence-corrected chi connectivity index (χ3v) is 2.52. The second-order valence-electron chi connectivity index (χ2n) is 3.82. The Morgan fingerprint density at radius 3 is 2.67 bits per heavy atom. The molecule has 0 atom stereocenters. The van der Waals surface area contributed by atoms with E-state index in [1.807, 2.05) is 32.0 Å². The van der Waals surface area contributed by atoms with Crippen LogP contribution in [-0.4, -0.2) is 18.5 Å². The molecule has 0 aliphatic rings. The van der Waals surface area contributed by atoms with Crippen LogP contribution in [0.1, 0.15) is 18.1 Å². The zero-order chi connectivity index (χ0) is 13.5. The minimum Gasteiger partial charge on any atom is -0.463 e. The number of ether oxygens (including phenoxy) is 1. The number of benzene rings is 1. The second-order valence-corrected chi connectivity index (χ2v) is 3.82. The average molecular weight is 247 g/mol. The van der Waals surface area contributed by atoms with Gasteiger partial charge in [-0.3, -0.25) is 4.79 Å². The van der Waals surface area contributed by atoms with Crippen LogP contribution in [0, 0.1) is 13.8 Å². The van der Waals surface area contributed by atoms with Crippen molar-refractivity contribution >= 4 is 17.6 Å². The molecule has 0 saturated carbocycles.